The first kappa shape index (κ1) is 16.0. The quantitative estimate of drug-likeness (QED) is 0.865. The van der Waals surface area contributed by atoms with E-state index in [9.17, 15) is 14.7 Å². The lowest BCUT2D eigenvalue weighted by Gasteiger charge is -2.27. The van der Waals surface area contributed by atoms with E-state index in [1.54, 1.807) is 0 Å². The molecule has 21 heavy (non-hydrogen) atoms. The molecule has 4 nitrogen and oxygen atoms in total. The molecule has 2 N–H and O–H groups in total. The standard InChI is InChI=1S/C16H20BrNO3/c1-9-7-11(8-10(2)14(9)17)18-15(19)12-5-3-4-6-13(12)16(20)21/h7-8,12-13H,3-6H2,1-2H3,(H,18,19)(H,20,21)/t12-,13+/m1/s1. The molecule has 5 heteroatoms. The fourth-order valence-corrected chi connectivity index (χ4v) is 3.22. The zero-order valence-electron chi connectivity index (χ0n) is 12.3. The Labute approximate surface area is 133 Å². The maximum atomic E-state index is 12.4. The van der Waals surface area contributed by atoms with Crippen LogP contribution in [0.25, 0.3) is 0 Å². The average molecular weight is 354 g/mol. The first-order valence-electron chi connectivity index (χ1n) is 7.20. The van der Waals surface area contributed by atoms with Crippen LogP contribution in [0.5, 0.6) is 0 Å². The summed E-state index contributed by atoms with van der Waals surface area (Å²) in [6.45, 7) is 3.93. The monoisotopic (exact) mass is 353 g/mol. The minimum atomic E-state index is -0.863. The molecular weight excluding hydrogens is 334 g/mol. The molecule has 1 saturated carbocycles. The Morgan fingerprint density at radius 3 is 2.19 bits per heavy atom. The summed E-state index contributed by atoms with van der Waals surface area (Å²) >= 11 is 3.49. The van der Waals surface area contributed by atoms with Gasteiger partial charge in [0.2, 0.25) is 5.91 Å². The summed E-state index contributed by atoms with van der Waals surface area (Å²) in [5.41, 5.74) is 2.82. The third kappa shape index (κ3) is 3.64. The van der Waals surface area contributed by atoms with Crippen LogP contribution in [-0.2, 0) is 9.59 Å². The summed E-state index contributed by atoms with van der Waals surface area (Å²) in [7, 11) is 0. The fraction of sp³-hybridized carbons (Fsp3) is 0.500. The number of rotatable bonds is 3. The predicted molar refractivity (Wildman–Crippen MR) is 85.3 cm³/mol. The van der Waals surface area contributed by atoms with E-state index in [4.69, 9.17) is 0 Å². The van der Waals surface area contributed by atoms with Crippen LogP contribution in [0, 0.1) is 25.7 Å². The summed E-state index contributed by atoms with van der Waals surface area (Å²) < 4.78 is 1.03. The van der Waals surface area contributed by atoms with E-state index in [0.717, 1.165) is 34.1 Å². The number of carbonyl (C=O) groups is 2. The van der Waals surface area contributed by atoms with Crippen molar-refractivity contribution in [3.63, 3.8) is 0 Å². The average Bonchev–Trinajstić information content (AvgIpc) is 2.44. The largest absolute Gasteiger partial charge is 0.481 e. The number of hydrogen-bond donors (Lipinski definition) is 2. The molecule has 1 aliphatic carbocycles. The molecule has 0 unspecified atom stereocenters. The number of nitrogens with one attached hydrogen (secondary N) is 1. The van der Waals surface area contributed by atoms with Gasteiger partial charge in [-0.15, -0.1) is 0 Å². The minimum absolute atomic E-state index is 0.178. The van der Waals surface area contributed by atoms with Crippen molar-refractivity contribution < 1.29 is 14.7 Å². The van der Waals surface area contributed by atoms with Crippen LogP contribution in [0.15, 0.2) is 16.6 Å². The third-order valence-electron chi connectivity index (χ3n) is 4.12. The van der Waals surface area contributed by atoms with E-state index in [2.05, 4.69) is 21.2 Å². The molecular formula is C16H20BrNO3. The predicted octanol–water partition coefficient (Wildman–Crippen LogP) is 3.90. The first-order chi connectivity index (χ1) is 9.90. The molecule has 2 atom stereocenters. The van der Waals surface area contributed by atoms with Crippen LogP contribution in [0.3, 0.4) is 0 Å². The van der Waals surface area contributed by atoms with E-state index in [0.29, 0.717) is 12.8 Å². The van der Waals surface area contributed by atoms with Crippen molar-refractivity contribution in [1.29, 1.82) is 0 Å². The third-order valence-corrected chi connectivity index (χ3v) is 5.37. The van der Waals surface area contributed by atoms with Gasteiger partial charge in [-0.25, -0.2) is 0 Å². The van der Waals surface area contributed by atoms with Crippen molar-refractivity contribution in [1.82, 2.24) is 0 Å². The van der Waals surface area contributed by atoms with Crippen molar-refractivity contribution in [3.05, 3.63) is 27.7 Å². The highest BCUT2D eigenvalue weighted by atomic mass is 79.9. The maximum absolute atomic E-state index is 12.4. The molecule has 0 aromatic heterocycles. The highest BCUT2D eigenvalue weighted by molar-refractivity contribution is 9.10. The van der Waals surface area contributed by atoms with Gasteiger partial charge in [0.25, 0.3) is 0 Å². The summed E-state index contributed by atoms with van der Waals surface area (Å²) in [5.74, 6) is -2.03. The minimum Gasteiger partial charge on any atom is -0.481 e. The normalized spacial score (nSPS) is 21.9. The number of carbonyl (C=O) groups excluding carboxylic acids is 1. The lowest BCUT2D eigenvalue weighted by atomic mass is 9.78. The Balaban J connectivity index is 2.15. The summed E-state index contributed by atoms with van der Waals surface area (Å²) in [5, 5.41) is 12.1. The van der Waals surface area contributed by atoms with Crippen LogP contribution in [0.2, 0.25) is 0 Å². The Hall–Kier alpha value is -1.36. The maximum Gasteiger partial charge on any atom is 0.307 e. The van der Waals surface area contributed by atoms with E-state index >= 15 is 0 Å². The molecule has 0 bridgehead atoms. The first-order valence-corrected chi connectivity index (χ1v) is 8.00. The molecule has 0 heterocycles. The van der Waals surface area contributed by atoms with Crippen molar-refractivity contribution in [3.8, 4) is 0 Å². The zero-order chi connectivity index (χ0) is 15.6. The van der Waals surface area contributed by atoms with Crippen LogP contribution in [-0.4, -0.2) is 17.0 Å². The van der Waals surface area contributed by atoms with Gasteiger partial charge in [-0.3, -0.25) is 9.59 Å². The highest BCUT2D eigenvalue weighted by Gasteiger charge is 2.35. The molecule has 1 amide bonds. The molecule has 0 spiro atoms. The summed E-state index contributed by atoms with van der Waals surface area (Å²) in [4.78, 5) is 23.7. The Morgan fingerprint density at radius 1 is 1.14 bits per heavy atom. The Bertz CT molecular complexity index is 548. The van der Waals surface area contributed by atoms with Crippen molar-refractivity contribution in [2.24, 2.45) is 11.8 Å². The summed E-state index contributed by atoms with van der Waals surface area (Å²) in [6, 6.07) is 3.79. The van der Waals surface area contributed by atoms with Crippen molar-refractivity contribution in [2.75, 3.05) is 5.32 Å². The zero-order valence-corrected chi connectivity index (χ0v) is 13.9. The van der Waals surface area contributed by atoms with Crippen LogP contribution in [0.4, 0.5) is 5.69 Å². The number of aryl methyl sites for hydroxylation is 2. The number of amides is 1. The van der Waals surface area contributed by atoms with Gasteiger partial charge in [0.15, 0.2) is 0 Å². The molecule has 1 fully saturated rings. The molecule has 1 aromatic carbocycles. The second-order valence-electron chi connectivity index (χ2n) is 5.75. The number of aliphatic carboxylic acids is 1. The number of benzene rings is 1. The van der Waals surface area contributed by atoms with Gasteiger partial charge in [0.05, 0.1) is 11.8 Å². The van der Waals surface area contributed by atoms with Crippen LogP contribution < -0.4 is 5.32 Å². The molecule has 0 aliphatic heterocycles. The van der Waals surface area contributed by atoms with E-state index in [1.165, 1.54) is 0 Å². The molecule has 114 valence electrons. The number of carboxylic acid groups (broad SMARTS) is 1. The van der Waals surface area contributed by atoms with Gasteiger partial charge >= 0.3 is 5.97 Å². The van der Waals surface area contributed by atoms with Crippen molar-refractivity contribution >= 4 is 33.5 Å². The van der Waals surface area contributed by atoms with Crippen LogP contribution >= 0.6 is 15.9 Å². The molecule has 2 rings (SSSR count). The Kier molecular flexibility index (Phi) is 5.04. The molecule has 0 radical (unpaired) electrons. The topological polar surface area (TPSA) is 66.4 Å². The van der Waals surface area contributed by atoms with Gasteiger partial charge in [-0.2, -0.15) is 0 Å². The second kappa shape index (κ2) is 6.60. The number of anilines is 1. The van der Waals surface area contributed by atoms with Gasteiger partial charge in [0.1, 0.15) is 0 Å². The lowest BCUT2D eigenvalue weighted by Crippen LogP contribution is -2.36. The van der Waals surface area contributed by atoms with Gasteiger partial charge in [0, 0.05) is 10.2 Å². The van der Waals surface area contributed by atoms with E-state index < -0.39 is 17.8 Å². The number of carboxylic acids is 1. The fourth-order valence-electron chi connectivity index (χ4n) is 2.99. The van der Waals surface area contributed by atoms with E-state index in [-0.39, 0.29) is 5.91 Å². The number of hydrogen-bond acceptors (Lipinski definition) is 2. The smallest absolute Gasteiger partial charge is 0.307 e. The second-order valence-corrected chi connectivity index (χ2v) is 6.54. The highest BCUT2D eigenvalue weighted by Crippen LogP contribution is 2.32. The number of halogens is 1. The lowest BCUT2D eigenvalue weighted by molar-refractivity contribution is -0.147. The van der Waals surface area contributed by atoms with Crippen LogP contribution in [0.1, 0.15) is 36.8 Å². The molecule has 1 aliphatic rings. The molecule has 0 saturated heterocycles. The van der Waals surface area contributed by atoms with Gasteiger partial charge < -0.3 is 10.4 Å². The van der Waals surface area contributed by atoms with Gasteiger partial charge in [-0.05, 0) is 49.9 Å². The van der Waals surface area contributed by atoms with Crippen molar-refractivity contribution in [2.45, 2.75) is 39.5 Å². The SMILES string of the molecule is Cc1cc(NC(=O)[C@@H]2CCCC[C@@H]2C(=O)O)cc(C)c1Br. The summed E-state index contributed by atoms with van der Waals surface area (Å²) in [6.07, 6.45) is 3.04. The van der Waals surface area contributed by atoms with Gasteiger partial charge in [-0.1, -0.05) is 28.8 Å². The Morgan fingerprint density at radius 2 is 1.67 bits per heavy atom. The van der Waals surface area contributed by atoms with E-state index in [1.807, 2.05) is 26.0 Å². The molecule has 1 aromatic rings.